The molecule has 0 saturated heterocycles. The molecule has 0 aromatic rings. The fourth-order valence-electron chi connectivity index (χ4n) is 6.49. The lowest BCUT2D eigenvalue weighted by Crippen LogP contribution is -2.30. The molecule has 0 rings (SSSR count). The van der Waals surface area contributed by atoms with Crippen molar-refractivity contribution >= 4 is 17.9 Å². The predicted octanol–water partition coefficient (Wildman–Crippen LogP) is 15.0. The van der Waals surface area contributed by atoms with E-state index in [1.54, 1.807) is 0 Å². The van der Waals surface area contributed by atoms with E-state index in [-0.39, 0.29) is 31.1 Å². The maximum Gasteiger partial charge on any atom is 0.306 e. The third kappa shape index (κ3) is 42.6. The monoisotopic (exact) mass is 773 g/mol. The number of carbonyl (C=O) groups excluding carboxylic acids is 3. The third-order valence-corrected chi connectivity index (χ3v) is 10.1. The van der Waals surface area contributed by atoms with E-state index in [4.69, 9.17) is 14.2 Å². The molecular weight excluding hydrogens is 685 g/mol. The highest BCUT2D eigenvalue weighted by molar-refractivity contribution is 5.71. The summed E-state index contributed by atoms with van der Waals surface area (Å²) < 4.78 is 16.7. The number of hydrogen-bond donors (Lipinski definition) is 0. The van der Waals surface area contributed by atoms with E-state index in [1.165, 1.54) is 128 Å². The molecule has 0 spiro atoms. The second-order valence-corrected chi connectivity index (χ2v) is 15.7. The molecule has 0 aliphatic rings. The van der Waals surface area contributed by atoms with E-state index in [1.807, 2.05) is 0 Å². The van der Waals surface area contributed by atoms with Crippen LogP contribution in [0.2, 0.25) is 0 Å². The Hall–Kier alpha value is -2.37. The zero-order valence-corrected chi connectivity index (χ0v) is 36.4. The van der Waals surface area contributed by atoms with Crippen molar-refractivity contribution in [2.24, 2.45) is 0 Å². The van der Waals surface area contributed by atoms with Crippen LogP contribution in [0.1, 0.15) is 239 Å². The van der Waals surface area contributed by atoms with Crippen molar-refractivity contribution in [3.8, 4) is 0 Å². The summed E-state index contributed by atoms with van der Waals surface area (Å²) in [6.45, 7) is 6.54. The van der Waals surface area contributed by atoms with Crippen molar-refractivity contribution in [1.29, 1.82) is 0 Å². The Morgan fingerprint density at radius 2 is 0.618 bits per heavy atom. The molecule has 1 unspecified atom stereocenters. The Labute approximate surface area is 340 Å². The maximum absolute atomic E-state index is 12.7. The van der Waals surface area contributed by atoms with Gasteiger partial charge in [-0.2, -0.15) is 0 Å². The van der Waals surface area contributed by atoms with Gasteiger partial charge in [-0.1, -0.05) is 166 Å². The topological polar surface area (TPSA) is 78.9 Å². The lowest BCUT2D eigenvalue weighted by molar-refractivity contribution is -0.167. The van der Waals surface area contributed by atoms with Crippen LogP contribution in [-0.2, 0) is 28.6 Å². The second-order valence-electron chi connectivity index (χ2n) is 15.7. The summed E-state index contributed by atoms with van der Waals surface area (Å²) >= 11 is 0. The number of esters is 3. The van der Waals surface area contributed by atoms with Gasteiger partial charge < -0.3 is 14.2 Å². The van der Waals surface area contributed by atoms with Crippen molar-refractivity contribution in [3.05, 3.63) is 36.5 Å². The molecule has 0 bridgehead atoms. The number of carbonyl (C=O) groups is 3. The van der Waals surface area contributed by atoms with Gasteiger partial charge in [0.05, 0.1) is 0 Å². The molecule has 0 fully saturated rings. The van der Waals surface area contributed by atoms with Crippen LogP contribution < -0.4 is 0 Å². The highest BCUT2D eigenvalue weighted by atomic mass is 16.6. The van der Waals surface area contributed by atoms with Gasteiger partial charge in [0, 0.05) is 19.3 Å². The van der Waals surface area contributed by atoms with Crippen LogP contribution in [0.5, 0.6) is 0 Å². The van der Waals surface area contributed by atoms with Gasteiger partial charge in [-0.25, -0.2) is 0 Å². The van der Waals surface area contributed by atoms with Crippen LogP contribution in [0.15, 0.2) is 36.5 Å². The first-order valence-corrected chi connectivity index (χ1v) is 23.5. The Morgan fingerprint density at radius 3 is 1.02 bits per heavy atom. The summed E-state index contributed by atoms with van der Waals surface area (Å²) in [4.78, 5) is 37.7. The quantitative estimate of drug-likeness (QED) is 0.0266. The molecular formula is C49H88O6. The molecule has 0 N–H and O–H groups in total. The highest BCUT2D eigenvalue weighted by Gasteiger charge is 2.19. The molecule has 1 atom stereocenters. The molecule has 0 aliphatic heterocycles. The smallest absolute Gasteiger partial charge is 0.306 e. The summed E-state index contributed by atoms with van der Waals surface area (Å²) in [6, 6.07) is 0. The lowest BCUT2D eigenvalue weighted by Gasteiger charge is -2.18. The summed E-state index contributed by atoms with van der Waals surface area (Å²) in [5.74, 6) is -0.944. The van der Waals surface area contributed by atoms with Crippen LogP contribution in [0.4, 0.5) is 0 Å². The van der Waals surface area contributed by atoms with Crippen LogP contribution >= 0.6 is 0 Å². The normalized spacial score (nSPS) is 12.3. The van der Waals surface area contributed by atoms with E-state index in [2.05, 4.69) is 57.2 Å². The average molecular weight is 773 g/mol. The fourth-order valence-corrected chi connectivity index (χ4v) is 6.49. The van der Waals surface area contributed by atoms with Gasteiger partial charge in [-0.3, -0.25) is 14.4 Å². The zero-order chi connectivity index (χ0) is 40.1. The van der Waals surface area contributed by atoms with Crippen molar-refractivity contribution in [2.45, 2.75) is 245 Å². The minimum Gasteiger partial charge on any atom is -0.462 e. The van der Waals surface area contributed by atoms with Gasteiger partial charge in [0.2, 0.25) is 0 Å². The standard InChI is InChI=1S/C49H88O6/c1-4-7-10-13-16-19-21-23-24-26-27-30-33-36-39-42-48(51)54-45-46(44-53-47(50)41-38-35-32-29-18-15-12-9-6-3)55-49(52)43-40-37-34-31-28-25-22-20-17-14-11-8-5-2/h19,21,25,28-29,32,46H,4-18,20,22-24,26-27,30-31,33-45H2,1-3H3/b21-19-,28-25-,32-29-. The van der Waals surface area contributed by atoms with Crippen molar-refractivity contribution in [1.82, 2.24) is 0 Å². The summed E-state index contributed by atoms with van der Waals surface area (Å²) in [5, 5.41) is 0. The number of rotatable bonds is 42. The first kappa shape index (κ1) is 52.6. The molecule has 55 heavy (non-hydrogen) atoms. The van der Waals surface area contributed by atoms with E-state index in [9.17, 15) is 14.4 Å². The molecule has 6 nitrogen and oxygen atoms in total. The number of hydrogen-bond acceptors (Lipinski definition) is 6. The molecule has 0 aliphatic carbocycles. The van der Waals surface area contributed by atoms with E-state index < -0.39 is 6.10 Å². The van der Waals surface area contributed by atoms with Crippen LogP contribution in [0, 0.1) is 0 Å². The Bertz CT molecular complexity index is 938. The molecule has 0 saturated carbocycles. The summed E-state index contributed by atoms with van der Waals surface area (Å²) in [6.07, 6.45) is 49.9. The highest BCUT2D eigenvalue weighted by Crippen LogP contribution is 2.13. The van der Waals surface area contributed by atoms with Crippen LogP contribution in [-0.4, -0.2) is 37.2 Å². The molecule has 0 aromatic heterocycles. The molecule has 320 valence electrons. The first-order valence-electron chi connectivity index (χ1n) is 23.5. The van der Waals surface area contributed by atoms with Gasteiger partial charge in [0.25, 0.3) is 0 Å². The number of allylic oxidation sites excluding steroid dienone is 6. The molecule has 0 radical (unpaired) electrons. The van der Waals surface area contributed by atoms with E-state index in [0.29, 0.717) is 25.7 Å². The third-order valence-electron chi connectivity index (χ3n) is 10.1. The fraction of sp³-hybridized carbons (Fsp3) is 0.816. The van der Waals surface area contributed by atoms with Crippen molar-refractivity contribution in [2.75, 3.05) is 13.2 Å². The number of ether oxygens (including phenoxy) is 3. The Morgan fingerprint density at radius 1 is 0.345 bits per heavy atom. The van der Waals surface area contributed by atoms with Crippen LogP contribution in [0.25, 0.3) is 0 Å². The van der Waals surface area contributed by atoms with Crippen LogP contribution in [0.3, 0.4) is 0 Å². The number of unbranched alkanes of at least 4 members (excludes halogenated alkanes) is 25. The summed E-state index contributed by atoms with van der Waals surface area (Å²) in [7, 11) is 0. The maximum atomic E-state index is 12.7. The lowest BCUT2D eigenvalue weighted by atomic mass is 10.1. The molecule has 0 aromatic carbocycles. The van der Waals surface area contributed by atoms with E-state index in [0.717, 1.165) is 64.2 Å². The Balaban J connectivity index is 4.38. The molecule has 0 amide bonds. The van der Waals surface area contributed by atoms with E-state index >= 15 is 0 Å². The summed E-state index contributed by atoms with van der Waals surface area (Å²) in [5.41, 5.74) is 0. The van der Waals surface area contributed by atoms with Gasteiger partial charge in [-0.15, -0.1) is 0 Å². The minimum atomic E-state index is -0.788. The second kappa shape index (κ2) is 44.3. The van der Waals surface area contributed by atoms with Crippen molar-refractivity contribution in [3.63, 3.8) is 0 Å². The average Bonchev–Trinajstić information content (AvgIpc) is 3.18. The van der Waals surface area contributed by atoms with Gasteiger partial charge in [0.15, 0.2) is 6.10 Å². The molecule has 6 heteroatoms. The minimum absolute atomic E-state index is 0.0881. The zero-order valence-electron chi connectivity index (χ0n) is 36.4. The largest absolute Gasteiger partial charge is 0.462 e. The molecule has 0 heterocycles. The predicted molar refractivity (Wildman–Crippen MR) is 233 cm³/mol. The van der Waals surface area contributed by atoms with Gasteiger partial charge in [-0.05, 0) is 89.9 Å². The van der Waals surface area contributed by atoms with Gasteiger partial charge in [0.1, 0.15) is 13.2 Å². The Kier molecular flexibility index (Phi) is 42.4. The first-order chi connectivity index (χ1) is 27.0. The van der Waals surface area contributed by atoms with Crippen molar-refractivity contribution < 1.29 is 28.6 Å². The van der Waals surface area contributed by atoms with Gasteiger partial charge >= 0.3 is 17.9 Å². The SMILES string of the molecule is CCCCCC/C=C\CCCCCCCCCC(=O)OCC(COC(=O)CCC/C=C\CCCCCC)OC(=O)CCCCC/C=C\CCCCCCCC.